The topological polar surface area (TPSA) is 84.6 Å². The normalized spacial score (nSPS) is 14.0. The van der Waals surface area contributed by atoms with Crippen molar-refractivity contribution < 1.29 is 9.26 Å². The number of aliphatic imine (C=N–C) groups is 1. The molecular weight excluding hydrogens is 421 g/mol. The van der Waals surface area contributed by atoms with Crippen LogP contribution in [0, 0.1) is 0 Å². The van der Waals surface area contributed by atoms with Crippen LogP contribution in [0.2, 0.25) is 0 Å². The van der Waals surface area contributed by atoms with Gasteiger partial charge in [-0.15, -0.1) is 24.0 Å². The second kappa shape index (κ2) is 13.4. The lowest BCUT2D eigenvalue weighted by molar-refractivity contribution is 0.0683. The van der Waals surface area contributed by atoms with Gasteiger partial charge in [-0.2, -0.15) is 4.98 Å². The zero-order valence-electron chi connectivity index (χ0n) is 15.5. The highest BCUT2D eigenvalue weighted by Crippen LogP contribution is 2.12. The molecule has 0 aliphatic rings. The predicted octanol–water partition coefficient (Wildman–Crippen LogP) is 3.42. The Bertz CT molecular complexity index is 467. The number of hydrogen-bond donors (Lipinski definition) is 2. The first-order valence-corrected chi connectivity index (χ1v) is 8.51. The molecule has 0 saturated heterocycles. The largest absolute Gasteiger partial charge is 0.371 e. The summed E-state index contributed by atoms with van der Waals surface area (Å²) in [6.07, 6.45) is 4.70. The van der Waals surface area contributed by atoms with Crippen molar-refractivity contribution in [3.63, 3.8) is 0 Å². The Morgan fingerprint density at radius 2 is 2.04 bits per heavy atom. The van der Waals surface area contributed by atoms with Crippen LogP contribution in [0.15, 0.2) is 9.52 Å². The average molecular weight is 453 g/mol. The first kappa shape index (κ1) is 23.1. The molecule has 24 heavy (non-hydrogen) atoms. The molecule has 2 unspecified atom stereocenters. The first-order valence-electron chi connectivity index (χ1n) is 8.51. The van der Waals surface area contributed by atoms with Crippen molar-refractivity contribution >= 4 is 29.9 Å². The molecule has 2 atom stereocenters. The molecule has 0 aliphatic heterocycles. The predicted molar refractivity (Wildman–Crippen MR) is 107 cm³/mol. The Hall–Kier alpha value is -0.900. The molecule has 0 fully saturated rings. The average Bonchev–Trinajstić information content (AvgIpc) is 3.01. The summed E-state index contributed by atoms with van der Waals surface area (Å²) in [6.45, 7) is 9.28. The summed E-state index contributed by atoms with van der Waals surface area (Å²) in [5.41, 5.74) is 0. The van der Waals surface area contributed by atoms with Crippen LogP contribution in [0.5, 0.6) is 0 Å². The Kier molecular flexibility index (Phi) is 12.9. The SMILES string of the molecule is CCCCCC(C)NC(=NC)NCc1nc(C(C)OCC)no1.I. The zero-order valence-corrected chi connectivity index (χ0v) is 17.8. The Balaban J connectivity index is 0.00000529. The van der Waals surface area contributed by atoms with Gasteiger partial charge in [-0.05, 0) is 27.2 Å². The van der Waals surface area contributed by atoms with E-state index in [-0.39, 0.29) is 30.1 Å². The van der Waals surface area contributed by atoms with E-state index in [0.29, 0.717) is 30.9 Å². The lowest BCUT2D eigenvalue weighted by Crippen LogP contribution is -2.41. The summed E-state index contributed by atoms with van der Waals surface area (Å²) >= 11 is 0. The maximum Gasteiger partial charge on any atom is 0.246 e. The van der Waals surface area contributed by atoms with Gasteiger partial charge in [0.25, 0.3) is 0 Å². The fourth-order valence-corrected chi connectivity index (χ4v) is 2.19. The molecule has 0 aliphatic carbocycles. The zero-order chi connectivity index (χ0) is 17.1. The van der Waals surface area contributed by atoms with Crippen LogP contribution in [0.25, 0.3) is 0 Å². The lowest BCUT2D eigenvalue weighted by atomic mass is 10.1. The van der Waals surface area contributed by atoms with Crippen molar-refractivity contribution in [1.29, 1.82) is 0 Å². The Labute approximate surface area is 162 Å². The molecule has 0 saturated carbocycles. The van der Waals surface area contributed by atoms with Gasteiger partial charge in [0, 0.05) is 19.7 Å². The van der Waals surface area contributed by atoms with Gasteiger partial charge in [0.15, 0.2) is 11.8 Å². The van der Waals surface area contributed by atoms with Crippen molar-refractivity contribution in [3.8, 4) is 0 Å². The number of halogens is 1. The molecule has 0 spiro atoms. The number of aromatic nitrogens is 2. The van der Waals surface area contributed by atoms with Crippen molar-refractivity contribution in [2.24, 2.45) is 4.99 Å². The van der Waals surface area contributed by atoms with Gasteiger partial charge in [-0.3, -0.25) is 4.99 Å². The van der Waals surface area contributed by atoms with Crippen LogP contribution in [0.3, 0.4) is 0 Å². The van der Waals surface area contributed by atoms with Gasteiger partial charge in [-0.25, -0.2) is 0 Å². The van der Waals surface area contributed by atoms with Crippen molar-refractivity contribution in [2.45, 2.75) is 72.1 Å². The van der Waals surface area contributed by atoms with E-state index in [1.807, 2.05) is 13.8 Å². The highest BCUT2D eigenvalue weighted by atomic mass is 127. The van der Waals surface area contributed by atoms with E-state index in [1.54, 1.807) is 7.05 Å². The number of rotatable bonds is 10. The number of ether oxygens (including phenoxy) is 1. The monoisotopic (exact) mass is 453 g/mol. The third-order valence-corrected chi connectivity index (χ3v) is 3.52. The van der Waals surface area contributed by atoms with E-state index in [0.717, 1.165) is 12.4 Å². The van der Waals surface area contributed by atoms with E-state index >= 15 is 0 Å². The molecular formula is C16H32IN5O2. The smallest absolute Gasteiger partial charge is 0.246 e. The maximum absolute atomic E-state index is 5.45. The fourth-order valence-electron chi connectivity index (χ4n) is 2.19. The van der Waals surface area contributed by atoms with Crippen molar-refractivity contribution in [2.75, 3.05) is 13.7 Å². The molecule has 1 aromatic rings. The van der Waals surface area contributed by atoms with Crippen molar-refractivity contribution in [3.05, 3.63) is 11.7 Å². The minimum absolute atomic E-state index is 0. The molecule has 1 rings (SSSR count). The third-order valence-electron chi connectivity index (χ3n) is 3.52. The third kappa shape index (κ3) is 8.81. The minimum atomic E-state index is -0.159. The highest BCUT2D eigenvalue weighted by molar-refractivity contribution is 14.0. The lowest BCUT2D eigenvalue weighted by Gasteiger charge is -2.17. The molecule has 0 aromatic carbocycles. The van der Waals surface area contributed by atoms with Gasteiger partial charge >= 0.3 is 0 Å². The highest BCUT2D eigenvalue weighted by Gasteiger charge is 2.14. The van der Waals surface area contributed by atoms with Crippen molar-refractivity contribution in [1.82, 2.24) is 20.8 Å². The van der Waals surface area contributed by atoms with E-state index in [4.69, 9.17) is 9.26 Å². The number of nitrogens with zero attached hydrogens (tertiary/aromatic N) is 3. The quantitative estimate of drug-likeness (QED) is 0.245. The minimum Gasteiger partial charge on any atom is -0.371 e. The number of nitrogens with one attached hydrogen (secondary N) is 2. The maximum atomic E-state index is 5.45. The summed E-state index contributed by atoms with van der Waals surface area (Å²) in [7, 11) is 1.75. The molecule has 140 valence electrons. The van der Waals surface area contributed by atoms with Gasteiger partial charge in [0.2, 0.25) is 5.89 Å². The summed E-state index contributed by atoms with van der Waals surface area (Å²) in [4.78, 5) is 8.55. The van der Waals surface area contributed by atoms with Crippen LogP contribution in [-0.2, 0) is 11.3 Å². The molecule has 7 nitrogen and oxygen atoms in total. The van der Waals surface area contributed by atoms with E-state index in [9.17, 15) is 0 Å². The molecule has 0 radical (unpaired) electrons. The molecule has 0 amide bonds. The standard InChI is InChI=1S/C16H31N5O2.HI/c1-6-8-9-10-12(3)19-16(17-5)18-11-14-20-15(21-23-14)13(4)22-7-2;/h12-13H,6-11H2,1-5H3,(H2,17,18,19);1H. The molecule has 0 bridgehead atoms. The number of guanidine groups is 1. The molecule has 8 heteroatoms. The van der Waals surface area contributed by atoms with Gasteiger partial charge in [-0.1, -0.05) is 31.3 Å². The van der Waals surface area contributed by atoms with Crippen LogP contribution in [-0.4, -0.2) is 35.8 Å². The first-order chi connectivity index (χ1) is 11.1. The van der Waals surface area contributed by atoms with Gasteiger partial charge in [0.05, 0.1) is 6.54 Å². The number of hydrogen-bond acceptors (Lipinski definition) is 5. The van der Waals surface area contributed by atoms with Crippen LogP contribution in [0.1, 0.15) is 71.2 Å². The van der Waals surface area contributed by atoms with E-state index in [1.165, 1.54) is 19.3 Å². The fraction of sp³-hybridized carbons (Fsp3) is 0.812. The Morgan fingerprint density at radius 1 is 1.29 bits per heavy atom. The van der Waals surface area contributed by atoms with Crippen LogP contribution in [0.4, 0.5) is 0 Å². The molecule has 2 N–H and O–H groups in total. The molecule has 1 aromatic heterocycles. The van der Waals surface area contributed by atoms with E-state index in [2.05, 4.69) is 39.6 Å². The summed E-state index contributed by atoms with van der Waals surface area (Å²) in [5.74, 6) is 1.83. The molecule has 1 heterocycles. The summed E-state index contributed by atoms with van der Waals surface area (Å²) in [6, 6.07) is 0.379. The van der Waals surface area contributed by atoms with E-state index < -0.39 is 0 Å². The second-order valence-corrected chi connectivity index (χ2v) is 5.61. The Morgan fingerprint density at radius 3 is 2.67 bits per heavy atom. The number of unbranched alkanes of at least 4 members (excludes halogenated alkanes) is 2. The second-order valence-electron chi connectivity index (χ2n) is 5.61. The van der Waals surface area contributed by atoms with Crippen LogP contribution < -0.4 is 10.6 Å². The van der Waals surface area contributed by atoms with Crippen LogP contribution >= 0.6 is 24.0 Å². The summed E-state index contributed by atoms with van der Waals surface area (Å²) in [5, 5.41) is 10.5. The van der Waals surface area contributed by atoms with Gasteiger partial charge in [0.1, 0.15) is 6.10 Å². The summed E-state index contributed by atoms with van der Waals surface area (Å²) < 4.78 is 10.7. The van der Waals surface area contributed by atoms with Gasteiger partial charge < -0.3 is 19.9 Å².